The van der Waals surface area contributed by atoms with E-state index in [4.69, 9.17) is 5.73 Å². The lowest BCUT2D eigenvalue weighted by atomic mass is 10.2. The van der Waals surface area contributed by atoms with E-state index in [1.54, 1.807) is 11.0 Å². The van der Waals surface area contributed by atoms with Crippen LogP contribution in [0.3, 0.4) is 0 Å². The Balaban J connectivity index is 2.14. The number of carbonyl (C=O) groups is 1. The summed E-state index contributed by atoms with van der Waals surface area (Å²) in [6.45, 7) is 2.64. The molecule has 2 N–H and O–H groups in total. The number of nitro groups is 1. The van der Waals surface area contributed by atoms with Gasteiger partial charge in [0.2, 0.25) is 6.41 Å². The fraction of sp³-hybridized carbons (Fsp3) is 0.364. The molecule has 96 valence electrons. The second kappa shape index (κ2) is 4.91. The van der Waals surface area contributed by atoms with Crippen molar-refractivity contribution in [1.29, 1.82) is 0 Å². The quantitative estimate of drug-likeness (QED) is 0.364. The molecule has 1 aliphatic heterocycles. The number of anilines is 2. The highest BCUT2D eigenvalue weighted by Crippen LogP contribution is 2.28. The first-order valence-electron chi connectivity index (χ1n) is 5.60. The Kier molecular flexibility index (Phi) is 3.31. The van der Waals surface area contributed by atoms with Crippen LogP contribution in [-0.2, 0) is 4.79 Å². The van der Waals surface area contributed by atoms with Gasteiger partial charge in [0.15, 0.2) is 0 Å². The largest absolute Gasteiger partial charge is 0.397 e. The molecule has 7 nitrogen and oxygen atoms in total. The highest BCUT2D eigenvalue weighted by atomic mass is 16.6. The molecule has 2 rings (SSSR count). The number of hydrogen-bond donors (Lipinski definition) is 1. The number of nitrogens with two attached hydrogens (primary N) is 1. The summed E-state index contributed by atoms with van der Waals surface area (Å²) in [5.41, 5.74) is 6.99. The summed E-state index contributed by atoms with van der Waals surface area (Å²) >= 11 is 0. The summed E-state index contributed by atoms with van der Waals surface area (Å²) in [6, 6.07) is 4.46. The lowest BCUT2D eigenvalue weighted by Gasteiger charge is -2.34. The van der Waals surface area contributed by atoms with Gasteiger partial charge in [-0.05, 0) is 6.07 Å². The number of rotatable bonds is 3. The number of nitrogens with zero attached hydrogens (tertiary/aromatic N) is 3. The number of piperazine rings is 1. The Labute approximate surface area is 104 Å². The zero-order chi connectivity index (χ0) is 13.1. The van der Waals surface area contributed by atoms with E-state index in [9.17, 15) is 14.9 Å². The van der Waals surface area contributed by atoms with Crippen LogP contribution in [0.25, 0.3) is 0 Å². The maximum Gasteiger partial charge on any atom is 0.271 e. The SMILES string of the molecule is Nc1cc([N+](=O)[O-])ccc1N1CCN(C=O)CC1. The lowest BCUT2D eigenvalue weighted by Crippen LogP contribution is -2.45. The summed E-state index contributed by atoms with van der Waals surface area (Å²) in [5, 5.41) is 10.6. The Morgan fingerprint density at radius 1 is 1.28 bits per heavy atom. The molecule has 1 amide bonds. The third-order valence-corrected chi connectivity index (χ3v) is 3.03. The van der Waals surface area contributed by atoms with E-state index in [0.29, 0.717) is 31.9 Å². The molecule has 0 spiro atoms. The van der Waals surface area contributed by atoms with Crippen LogP contribution in [0.4, 0.5) is 17.1 Å². The Morgan fingerprint density at radius 3 is 2.44 bits per heavy atom. The molecule has 0 aromatic heterocycles. The van der Waals surface area contributed by atoms with E-state index in [1.165, 1.54) is 12.1 Å². The van der Waals surface area contributed by atoms with Crippen molar-refractivity contribution < 1.29 is 9.72 Å². The molecular formula is C11H14N4O3. The molecule has 0 aliphatic carbocycles. The highest BCUT2D eigenvalue weighted by molar-refractivity contribution is 5.71. The predicted octanol–water partition coefficient (Wildman–Crippen LogP) is 0.455. The number of hydrogen-bond acceptors (Lipinski definition) is 5. The lowest BCUT2D eigenvalue weighted by molar-refractivity contribution is -0.384. The minimum absolute atomic E-state index is 0.0113. The van der Waals surface area contributed by atoms with Crippen molar-refractivity contribution in [3.05, 3.63) is 28.3 Å². The van der Waals surface area contributed by atoms with Gasteiger partial charge in [-0.15, -0.1) is 0 Å². The van der Waals surface area contributed by atoms with Crippen molar-refractivity contribution in [2.75, 3.05) is 36.8 Å². The van der Waals surface area contributed by atoms with Gasteiger partial charge in [0, 0.05) is 38.3 Å². The van der Waals surface area contributed by atoms with Crippen molar-refractivity contribution >= 4 is 23.5 Å². The highest BCUT2D eigenvalue weighted by Gasteiger charge is 2.18. The maximum absolute atomic E-state index is 10.6. The molecule has 1 aromatic carbocycles. The van der Waals surface area contributed by atoms with Crippen LogP contribution in [0, 0.1) is 10.1 Å². The number of benzene rings is 1. The fourth-order valence-corrected chi connectivity index (χ4v) is 2.01. The fourth-order valence-electron chi connectivity index (χ4n) is 2.01. The van der Waals surface area contributed by atoms with Crippen molar-refractivity contribution in [2.45, 2.75) is 0 Å². The minimum atomic E-state index is -0.468. The van der Waals surface area contributed by atoms with Gasteiger partial charge in [0.25, 0.3) is 5.69 Å². The molecule has 0 radical (unpaired) electrons. The van der Waals surface area contributed by atoms with Crippen LogP contribution in [0.2, 0.25) is 0 Å². The summed E-state index contributed by atoms with van der Waals surface area (Å²) in [4.78, 5) is 24.5. The molecule has 0 bridgehead atoms. The number of non-ortho nitro benzene ring substituents is 1. The average Bonchev–Trinajstić information content (AvgIpc) is 2.38. The first kappa shape index (κ1) is 12.2. The van der Waals surface area contributed by atoms with Crippen LogP contribution >= 0.6 is 0 Å². The molecule has 0 unspecified atom stereocenters. The van der Waals surface area contributed by atoms with Crippen molar-refractivity contribution in [2.24, 2.45) is 0 Å². The molecule has 1 heterocycles. The smallest absolute Gasteiger partial charge is 0.271 e. The molecule has 0 atom stereocenters. The van der Waals surface area contributed by atoms with Crippen molar-refractivity contribution in [3.63, 3.8) is 0 Å². The van der Waals surface area contributed by atoms with E-state index in [-0.39, 0.29) is 5.69 Å². The molecule has 1 fully saturated rings. The van der Waals surface area contributed by atoms with E-state index >= 15 is 0 Å². The Morgan fingerprint density at radius 2 is 1.94 bits per heavy atom. The van der Waals surface area contributed by atoms with Crippen LogP contribution < -0.4 is 10.6 Å². The van der Waals surface area contributed by atoms with E-state index in [1.807, 2.05) is 4.90 Å². The van der Waals surface area contributed by atoms with Crippen LogP contribution in [0.1, 0.15) is 0 Å². The minimum Gasteiger partial charge on any atom is -0.397 e. The van der Waals surface area contributed by atoms with Gasteiger partial charge in [0.1, 0.15) is 0 Å². The van der Waals surface area contributed by atoms with Gasteiger partial charge >= 0.3 is 0 Å². The second-order valence-corrected chi connectivity index (χ2v) is 4.13. The van der Waals surface area contributed by atoms with Gasteiger partial charge in [-0.2, -0.15) is 0 Å². The van der Waals surface area contributed by atoms with Gasteiger partial charge in [-0.3, -0.25) is 14.9 Å². The van der Waals surface area contributed by atoms with Crippen molar-refractivity contribution in [1.82, 2.24) is 4.90 Å². The molecule has 1 aromatic rings. The third-order valence-electron chi connectivity index (χ3n) is 3.03. The normalized spacial score (nSPS) is 15.6. The number of amides is 1. The Hall–Kier alpha value is -2.31. The first-order chi connectivity index (χ1) is 8.61. The third kappa shape index (κ3) is 2.34. The topological polar surface area (TPSA) is 92.7 Å². The number of carbonyl (C=O) groups excluding carboxylic acids is 1. The molecule has 18 heavy (non-hydrogen) atoms. The van der Waals surface area contributed by atoms with E-state index < -0.39 is 4.92 Å². The summed E-state index contributed by atoms with van der Waals surface area (Å²) in [6.07, 6.45) is 0.830. The van der Waals surface area contributed by atoms with Gasteiger partial charge in [0.05, 0.1) is 16.3 Å². The van der Waals surface area contributed by atoms with E-state index in [0.717, 1.165) is 12.1 Å². The van der Waals surface area contributed by atoms with E-state index in [2.05, 4.69) is 0 Å². The zero-order valence-electron chi connectivity index (χ0n) is 9.78. The van der Waals surface area contributed by atoms with Gasteiger partial charge < -0.3 is 15.5 Å². The van der Waals surface area contributed by atoms with Gasteiger partial charge in [-0.1, -0.05) is 0 Å². The predicted molar refractivity (Wildman–Crippen MR) is 67.4 cm³/mol. The van der Waals surface area contributed by atoms with Crippen molar-refractivity contribution in [3.8, 4) is 0 Å². The average molecular weight is 250 g/mol. The monoisotopic (exact) mass is 250 g/mol. The zero-order valence-corrected chi connectivity index (χ0v) is 9.78. The second-order valence-electron chi connectivity index (χ2n) is 4.13. The maximum atomic E-state index is 10.6. The first-order valence-corrected chi connectivity index (χ1v) is 5.60. The van der Waals surface area contributed by atoms with Crippen LogP contribution in [0.15, 0.2) is 18.2 Å². The summed E-state index contributed by atoms with van der Waals surface area (Å²) < 4.78 is 0. The molecule has 0 saturated carbocycles. The molecular weight excluding hydrogens is 236 g/mol. The number of nitro benzene ring substituents is 1. The summed E-state index contributed by atoms with van der Waals surface area (Å²) in [5.74, 6) is 0. The van der Waals surface area contributed by atoms with Crippen LogP contribution in [0.5, 0.6) is 0 Å². The van der Waals surface area contributed by atoms with Gasteiger partial charge in [-0.25, -0.2) is 0 Å². The molecule has 1 aliphatic rings. The standard InChI is InChI=1S/C11H14N4O3/c12-10-7-9(15(17)18)1-2-11(10)14-5-3-13(8-16)4-6-14/h1-2,7-8H,3-6,12H2. The van der Waals surface area contributed by atoms with Crippen LogP contribution in [-0.4, -0.2) is 42.4 Å². The molecule has 1 saturated heterocycles. The Bertz CT molecular complexity index is 469. The summed E-state index contributed by atoms with van der Waals surface area (Å²) in [7, 11) is 0. The number of nitrogen functional groups attached to an aromatic ring is 1. The molecule has 7 heteroatoms.